The molecule has 0 rings (SSSR count). The maximum atomic E-state index is 10.5. The predicted octanol–water partition coefficient (Wildman–Crippen LogP) is 1.31. The van der Waals surface area contributed by atoms with Gasteiger partial charge in [0.15, 0.2) is 0 Å². The van der Waals surface area contributed by atoms with E-state index in [0.717, 1.165) is 12.8 Å². The van der Waals surface area contributed by atoms with E-state index in [4.69, 9.17) is 6.42 Å². The Morgan fingerprint density at radius 2 is 2.30 bits per heavy atom. The van der Waals surface area contributed by atoms with Crippen LogP contribution in [0.15, 0.2) is 0 Å². The van der Waals surface area contributed by atoms with Crippen molar-refractivity contribution in [1.82, 2.24) is 0 Å². The summed E-state index contributed by atoms with van der Waals surface area (Å²) in [6.45, 7) is 0. The van der Waals surface area contributed by atoms with Crippen LogP contribution in [-0.2, 0) is 9.53 Å². The van der Waals surface area contributed by atoms with Gasteiger partial charge in [-0.3, -0.25) is 4.79 Å². The maximum absolute atomic E-state index is 10.5. The second-order valence-corrected chi connectivity index (χ2v) is 1.96. The van der Waals surface area contributed by atoms with Crippen molar-refractivity contribution < 1.29 is 9.53 Å². The van der Waals surface area contributed by atoms with Crippen molar-refractivity contribution in [3.8, 4) is 5.92 Å². The van der Waals surface area contributed by atoms with Gasteiger partial charge in [0, 0.05) is 12.8 Å². The van der Waals surface area contributed by atoms with Crippen molar-refractivity contribution >= 4 is 5.97 Å². The molecular weight excluding hydrogens is 128 g/mol. The summed E-state index contributed by atoms with van der Waals surface area (Å²) in [4.78, 5) is 10.5. The first-order chi connectivity index (χ1) is 4.81. The first kappa shape index (κ1) is 9.03. The fraction of sp³-hybridized carbons (Fsp3) is 0.625. The molecule has 0 bridgehead atoms. The monoisotopic (exact) mass is 139 g/mol. The number of hydrogen-bond donors (Lipinski definition) is 0. The molecule has 0 aliphatic rings. The van der Waals surface area contributed by atoms with Gasteiger partial charge in [0.05, 0.1) is 7.11 Å². The van der Waals surface area contributed by atoms with Crippen LogP contribution in [0, 0.1) is 12.3 Å². The molecule has 0 aromatic heterocycles. The third kappa shape index (κ3) is 5.17. The van der Waals surface area contributed by atoms with Crippen molar-refractivity contribution in [2.75, 3.05) is 7.11 Å². The lowest BCUT2D eigenvalue weighted by Gasteiger charge is -1.95. The van der Waals surface area contributed by atoms with Crippen LogP contribution in [0.4, 0.5) is 0 Å². The molecule has 0 spiro atoms. The van der Waals surface area contributed by atoms with Crippen molar-refractivity contribution in [2.24, 2.45) is 0 Å². The van der Waals surface area contributed by atoms with Crippen LogP contribution in [0.25, 0.3) is 0 Å². The molecule has 0 fully saturated rings. The molecule has 0 heterocycles. The van der Waals surface area contributed by atoms with Crippen LogP contribution in [0.2, 0.25) is 0 Å². The van der Waals surface area contributed by atoms with Crippen molar-refractivity contribution in [3.05, 3.63) is 6.42 Å². The third-order valence-corrected chi connectivity index (χ3v) is 1.16. The Morgan fingerprint density at radius 1 is 1.60 bits per heavy atom. The highest BCUT2D eigenvalue weighted by atomic mass is 16.5. The van der Waals surface area contributed by atoms with E-state index in [-0.39, 0.29) is 5.97 Å². The van der Waals surface area contributed by atoms with E-state index in [2.05, 4.69) is 10.7 Å². The topological polar surface area (TPSA) is 26.3 Å². The number of methoxy groups -OCH3 is 1. The number of esters is 1. The molecule has 2 nitrogen and oxygen atoms in total. The van der Waals surface area contributed by atoms with E-state index in [1.165, 1.54) is 7.11 Å². The fourth-order valence-corrected chi connectivity index (χ4v) is 0.585. The number of ether oxygens (including phenoxy) is 1. The van der Waals surface area contributed by atoms with Crippen LogP contribution in [0.1, 0.15) is 25.7 Å². The van der Waals surface area contributed by atoms with Gasteiger partial charge in [-0.2, -0.15) is 0 Å². The van der Waals surface area contributed by atoms with E-state index >= 15 is 0 Å². The van der Waals surface area contributed by atoms with Crippen LogP contribution >= 0.6 is 0 Å². The lowest BCUT2D eigenvalue weighted by molar-refractivity contribution is -0.140. The number of carbonyl (C=O) groups excluding carboxylic acids is 1. The van der Waals surface area contributed by atoms with Gasteiger partial charge < -0.3 is 4.74 Å². The summed E-state index contributed by atoms with van der Waals surface area (Å²) in [5.41, 5.74) is 0. The minimum atomic E-state index is -0.176. The van der Waals surface area contributed by atoms with Crippen LogP contribution in [-0.4, -0.2) is 13.1 Å². The van der Waals surface area contributed by atoms with Gasteiger partial charge in [-0.25, -0.2) is 0 Å². The Labute approximate surface area is 61.6 Å². The minimum absolute atomic E-state index is 0.176. The van der Waals surface area contributed by atoms with Gasteiger partial charge in [-0.05, 0) is 19.3 Å². The molecule has 55 valence electrons. The molecule has 0 unspecified atom stereocenters. The maximum Gasteiger partial charge on any atom is 0.305 e. The lowest BCUT2D eigenvalue weighted by atomic mass is 10.2. The molecule has 0 aromatic carbocycles. The van der Waals surface area contributed by atoms with Crippen molar-refractivity contribution in [2.45, 2.75) is 25.7 Å². The fourth-order valence-electron chi connectivity index (χ4n) is 0.585. The zero-order valence-electron chi connectivity index (χ0n) is 6.14. The molecule has 0 amide bonds. The number of rotatable bonds is 4. The van der Waals surface area contributed by atoms with Gasteiger partial charge in [-0.1, -0.05) is 5.92 Å². The summed E-state index contributed by atoms with van der Waals surface area (Å²) in [6, 6.07) is 0. The highest BCUT2D eigenvalue weighted by Crippen LogP contribution is 1.99. The lowest BCUT2D eigenvalue weighted by Crippen LogP contribution is -1.98. The van der Waals surface area contributed by atoms with Crippen molar-refractivity contribution in [3.63, 3.8) is 0 Å². The second kappa shape index (κ2) is 6.15. The Balaban J connectivity index is 3.05. The number of unbranched alkanes of at least 4 members (excludes halogenated alkanes) is 2. The Bertz CT molecular complexity index is 133. The van der Waals surface area contributed by atoms with Crippen LogP contribution < -0.4 is 0 Å². The largest absolute Gasteiger partial charge is 0.469 e. The molecule has 0 aliphatic heterocycles. The van der Waals surface area contributed by atoms with Crippen LogP contribution in [0.3, 0.4) is 0 Å². The Kier molecular flexibility index (Phi) is 5.56. The summed E-state index contributed by atoms with van der Waals surface area (Å²) in [7, 11) is 1.38. The Morgan fingerprint density at radius 3 is 2.80 bits per heavy atom. The predicted molar refractivity (Wildman–Crippen MR) is 37.6 cm³/mol. The SMILES string of the molecule is [C]#CCCCCC(=O)OC. The molecule has 0 aromatic rings. The summed E-state index contributed by atoms with van der Waals surface area (Å²) >= 11 is 0. The summed E-state index contributed by atoms with van der Waals surface area (Å²) < 4.78 is 4.42. The highest BCUT2D eigenvalue weighted by Gasteiger charge is 1.97. The summed E-state index contributed by atoms with van der Waals surface area (Å²) in [5.74, 6) is 2.08. The quantitative estimate of drug-likeness (QED) is 0.333. The van der Waals surface area contributed by atoms with E-state index in [1.54, 1.807) is 0 Å². The van der Waals surface area contributed by atoms with E-state index in [1.807, 2.05) is 0 Å². The molecule has 0 aliphatic carbocycles. The highest BCUT2D eigenvalue weighted by molar-refractivity contribution is 5.68. The van der Waals surface area contributed by atoms with Gasteiger partial charge in [0.2, 0.25) is 0 Å². The third-order valence-electron chi connectivity index (χ3n) is 1.16. The molecular formula is C8H11O2. The average Bonchev–Trinajstić information content (AvgIpc) is 1.98. The number of carbonyl (C=O) groups is 1. The van der Waals surface area contributed by atoms with Crippen LogP contribution in [0.5, 0.6) is 0 Å². The first-order valence-corrected chi connectivity index (χ1v) is 3.27. The van der Waals surface area contributed by atoms with E-state index in [0.29, 0.717) is 12.8 Å². The molecule has 0 saturated carbocycles. The normalized spacial score (nSPS) is 8.40. The first-order valence-electron chi connectivity index (χ1n) is 3.27. The molecule has 2 heteroatoms. The molecule has 0 N–H and O–H groups in total. The van der Waals surface area contributed by atoms with Gasteiger partial charge >= 0.3 is 5.97 Å². The van der Waals surface area contributed by atoms with Gasteiger partial charge in [-0.15, -0.1) is 0 Å². The summed E-state index contributed by atoms with van der Waals surface area (Å²) in [5, 5.41) is 0. The van der Waals surface area contributed by atoms with E-state index < -0.39 is 0 Å². The molecule has 10 heavy (non-hydrogen) atoms. The summed E-state index contributed by atoms with van der Waals surface area (Å²) in [6.07, 6.45) is 9.30. The van der Waals surface area contributed by atoms with Crippen molar-refractivity contribution in [1.29, 1.82) is 0 Å². The second-order valence-electron chi connectivity index (χ2n) is 1.96. The average molecular weight is 139 g/mol. The minimum Gasteiger partial charge on any atom is -0.469 e. The van der Waals surface area contributed by atoms with Gasteiger partial charge in [0.1, 0.15) is 0 Å². The number of hydrogen-bond acceptors (Lipinski definition) is 2. The molecule has 0 saturated heterocycles. The Hall–Kier alpha value is -0.970. The standard InChI is InChI=1S/C8H11O2/c1-3-4-5-6-7-8(9)10-2/h4-7H2,2H3. The smallest absolute Gasteiger partial charge is 0.305 e. The zero-order chi connectivity index (χ0) is 7.82. The molecule has 1 radical (unpaired) electrons. The molecule has 0 atom stereocenters. The zero-order valence-corrected chi connectivity index (χ0v) is 6.14. The van der Waals surface area contributed by atoms with Gasteiger partial charge in [0.25, 0.3) is 0 Å². The van der Waals surface area contributed by atoms with E-state index in [9.17, 15) is 4.79 Å².